The largest absolute Gasteiger partial charge is 0.444 e. The van der Waals surface area contributed by atoms with Gasteiger partial charge < -0.3 is 14.2 Å². The standard InChI is InChI=1S/C21H37NO4/c1-9-15(10-14(2)3)11-16-12-22(19(23)26-20(4,5)6)17-13-24-21(7,8)25-18(16)17/h9,14-18H,1,10-13H2,2-8H3/t15-,16-,17+,18+/m0/s1. The molecule has 2 rings (SSSR count). The normalized spacial score (nSPS) is 29.4. The zero-order chi connectivity index (χ0) is 19.7. The van der Waals surface area contributed by atoms with Gasteiger partial charge in [-0.3, -0.25) is 4.90 Å². The first-order chi connectivity index (χ1) is 11.9. The van der Waals surface area contributed by atoms with Crippen LogP contribution in [0.1, 0.15) is 61.3 Å². The Morgan fingerprint density at radius 1 is 1.38 bits per heavy atom. The Hall–Kier alpha value is -1.07. The van der Waals surface area contributed by atoms with E-state index in [1.165, 1.54) is 0 Å². The van der Waals surface area contributed by atoms with Gasteiger partial charge in [0.2, 0.25) is 0 Å². The number of allylic oxidation sites excluding steroid dienone is 1. The molecule has 0 spiro atoms. The number of likely N-dealkylation sites (tertiary alicyclic amines) is 1. The molecule has 5 nitrogen and oxygen atoms in total. The van der Waals surface area contributed by atoms with Crippen LogP contribution in [0.15, 0.2) is 12.7 Å². The van der Waals surface area contributed by atoms with Gasteiger partial charge in [0.05, 0.1) is 18.8 Å². The van der Waals surface area contributed by atoms with E-state index < -0.39 is 11.4 Å². The molecule has 5 heteroatoms. The van der Waals surface area contributed by atoms with Gasteiger partial charge in [-0.2, -0.15) is 0 Å². The van der Waals surface area contributed by atoms with Crippen molar-refractivity contribution in [2.45, 2.75) is 84.8 Å². The van der Waals surface area contributed by atoms with Crippen LogP contribution in [0, 0.1) is 17.8 Å². The van der Waals surface area contributed by atoms with E-state index in [-0.39, 0.29) is 24.2 Å². The summed E-state index contributed by atoms with van der Waals surface area (Å²) in [6.45, 7) is 19.2. The van der Waals surface area contributed by atoms with Gasteiger partial charge in [0.1, 0.15) is 5.60 Å². The summed E-state index contributed by atoms with van der Waals surface area (Å²) in [7, 11) is 0. The molecule has 26 heavy (non-hydrogen) atoms. The summed E-state index contributed by atoms with van der Waals surface area (Å²) in [5, 5.41) is 0. The molecule has 4 atom stereocenters. The monoisotopic (exact) mass is 367 g/mol. The molecule has 2 aliphatic rings. The van der Waals surface area contributed by atoms with Gasteiger partial charge in [0, 0.05) is 12.5 Å². The number of nitrogens with zero attached hydrogens (tertiary/aromatic N) is 1. The van der Waals surface area contributed by atoms with Crippen molar-refractivity contribution in [3.05, 3.63) is 12.7 Å². The summed E-state index contributed by atoms with van der Waals surface area (Å²) < 4.78 is 17.7. The topological polar surface area (TPSA) is 48.0 Å². The lowest BCUT2D eigenvalue weighted by atomic mass is 9.85. The van der Waals surface area contributed by atoms with E-state index in [2.05, 4.69) is 26.5 Å². The van der Waals surface area contributed by atoms with Crippen molar-refractivity contribution in [2.75, 3.05) is 13.2 Å². The summed E-state index contributed by atoms with van der Waals surface area (Å²) in [4.78, 5) is 14.5. The highest BCUT2D eigenvalue weighted by Crippen LogP contribution is 2.39. The third-order valence-corrected chi connectivity index (χ3v) is 5.04. The SMILES string of the molecule is C=C[C@@H](CC(C)C)C[C@H]1CN(C(=O)OC(C)(C)C)[C@@H]2COC(C)(C)O[C@H]12. The molecule has 2 heterocycles. The molecule has 0 saturated carbocycles. The minimum Gasteiger partial charge on any atom is -0.444 e. The number of hydrogen-bond donors (Lipinski definition) is 0. The average molecular weight is 368 g/mol. The minimum atomic E-state index is -0.620. The van der Waals surface area contributed by atoms with Crippen molar-refractivity contribution in [2.24, 2.45) is 17.8 Å². The number of ether oxygens (including phenoxy) is 3. The predicted molar refractivity (Wildman–Crippen MR) is 103 cm³/mol. The van der Waals surface area contributed by atoms with Crippen LogP contribution < -0.4 is 0 Å². The Kier molecular flexibility index (Phi) is 6.44. The summed E-state index contributed by atoms with van der Waals surface area (Å²) in [6, 6.07) is -0.0904. The Morgan fingerprint density at radius 2 is 2.04 bits per heavy atom. The van der Waals surface area contributed by atoms with Gasteiger partial charge in [-0.15, -0.1) is 6.58 Å². The molecule has 0 aromatic carbocycles. The first-order valence-electron chi connectivity index (χ1n) is 9.86. The molecule has 0 bridgehead atoms. The van der Waals surface area contributed by atoms with Gasteiger partial charge >= 0.3 is 6.09 Å². The zero-order valence-corrected chi connectivity index (χ0v) is 17.6. The van der Waals surface area contributed by atoms with Gasteiger partial charge in [0.25, 0.3) is 0 Å². The molecular formula is C21H37NO4. The Balaban J connectivity index is 2.16. The Morgan fingerprint density at radius 3 is 2.58 bits per heavy atom. The smallest absolute Gasteiger partial charge is 0.410 e. The lowest BCUT2D eigenvalue weighted by Gasteiger charge is -2.41. The van der Waals surface area contributed by atoms with Gasteiger partial charge in [0.15, 0.2) is 5.79 Å². The van der Waals surface area contributed by atoms with E-state index in [1.54, 1.807) is 0 Å². The molecule has 0 aromatic heterocycles. The van der Waals surface area contributed by atoms with Crippen molar-refractivity contribution in [3.63, 3.8) is 0 Å². The van der Waals surface area contributed by atoms with Crippen molar-refractivity contribution >= 4 is 6.09 Å². The zero-order valence-electron chi connectivity index (χ0n) is 17.6. The lowest BCUT2D eigenvalue weighted by Crippen LogP contribution is -2.53. The van der Waals surface area contributed by atoms with Crippen molar-refractivity contribution in [1.82, 2.24) is 4.90 Å². The van der Waals surface area contributed by atoms with Crippen LogP contribution in [-0.2, 0) is 14.2 Å². The van der Waals surface area contributed by atoms with Crippen LogP contribution in [0.5, 0.6) is 0 Å². The van der Waals surface area contributed by atoms with E-state index in [0.29, 0.717) is 25.0 Å². The van der Waals surface area contributed by atoms with E-state index in [4.69, 9.17) is 14.2 Å². The maximum absolute atomic E-state index is 12.7. The number of amides is 1. The summed E-state index contributed by atoms with van der Waals surface area (Å²) in [5.41, 5.74) is -0.512. The molecule has 2 saturated heterocycles. The average Bonchev–Trinajstić information content (AvgIpc) is 2.81. The van der Waals surface area contributed by atoms with Crippen LogP contribution in [0.3, 0.4) is 0 Å². The van der Waals surface area contributed by atoms with Gasteiger partial charge in [-0.05, 0) is 59.3 Å². The molecule has 2 aliphatic heterocycles. The summed E-state index contributed by atoms with van der Waals surface area (Å²) in [5.74, 6) is 0.681. The fourth-order valence-electron chi connectivity index (χ4n) is 4.01. The molecule has 1 amide bonds. The molecule has 0 unspecified atom stereocenters. The molecule has 150 valence electrons. The maximum atomic E-state index is 12.7. The second kappa shape index (κ2) is 7.89. The minimum absolute atomic E-state index is 0.0270. The highest BCUT2D eigenvalue weighted by molar-refractivity contribution is 5.69. The fourth-order valence-corrected chi connectivity index (χ4v) is 4.01. The van der Waals surface area contributed by atoms with Crippen molar-refractivity contribution in [1.29, 1.82) is 0 Å². The van der Waals surface area contributed by atoms with Crippen LogP contribution >= 0.6 is 0 Å². The molecule has 0 aromatic rings. The van der Waals surface area contributed by atoms with E-state index in [0.717, 1.165) is 12.8 Å². The highest BCUT2D eigenvalue weighted by Gasteiger charge is 2.51. The number of carbonyl (C=O) groups excluding carboxylic acids is 1. The second-order valence-corrected chi connectivity index (χ2v) is 9.61. The molecule has 0 radical (unpaired) electrons. The predicted octanol–water partition coefficient (Wildman–Crippen LogP) is 4.61. The quantitative estimate of drug-likeness (QED) is 0.666. The molecular weight excluding hydrogens is 330 g/mol. The third kappa shape index (κ3) is 5.46. The maximum Gasteiger partial charge on any atom is 0.410 e. The van der Waals surface area contributed by atoms with E-state index in [9.17, 15) is 4.79 Å². The van der Waals surface area contributed by atoms with Crippen LogP contribution in [0.4, 0.5) is 4.79 Å². The summed E-state index contributed by atoms with van der Waals surface area (Å²) >= 11 is 0. The Labute approximate surface area is 159 Å². The first kappa shape index (κ1) is 21.2. The first-order valence-corrected chi connectivity index (χ1v) is 9.86. The summed E-state index contributed by atoms with van der Waals surface area (Å²) in [6.07, 6.45) is 3.82. The molecule has 0 aliphatic carbocycles. The number of carbonyl (C=O) groups is 1. The third-order valence-electron chi connectivity index (χ3n) is 5.04. The van der Waals surface area contributed by atoms with Gasteiger partial charge in [-0.25, -0.2) is 4.79 Å². The van der Waals surface area contributed by atoms with Crippen LogP contribution in [0.2, 0.25) is 0 Å². The van der Waals surface area contributed by atoms with Gasteiger partial charge in [-0.1, -0.05) is 19.9 Å². The van der Waals surface area contributed by atoms with Crippen LogP contribution in [-0.4, -0.2) is 47.7 Å². The van der Waals surface area contributed by atoms with Crippen molar-refractivity contribution < 1.29 is 19.0 Å². The fraction of sp³-hybridized carbons (Fsp3) is 0.857. The molecule has 2 fully saturated rings. The number of rotatable bonds is 5. The Bertz CT molecular complexity index is 509. The van der Waals surface area contributed by atoms with Crippen LogP contribution in [0.25, 0.3) is 0 Å². The van der Waals surface area contributed by atoms with Crippen molar-refractivity contribution in [3.8, 4) is 0 Å². The second-order valence-electron chi connectivity index (χ2n) is 9.61. The highest BCUT2D eigenvalue weighted by atomic mass is 16.7. The lowest BCUT2D eigenvalue weighted by molar-refractivity contribution is -0.287. The van der Waals surface area contributed by atoms with E-state index >= 15 is 0 Å². The number of fused-ring (bicyclic) bond motifs is 1. The van der Waals surface area contributed by atoms with E-state index in [1.807, 2.05) is 39.5 Å². The molecule has 0 N–H and O–H groups in total. The number of hydrogen-bond acceptors (Lipinski definition) is 4.